The summed E-state index contributed by atoms with van der Waals surface area (Å²) in [6.45, 7) is 2.65. The quantitative estimate of drug-likeness (QED) is 0.277. The van der Waals surface area contributed by atoms with Crippen LogP contribution in [0.1, 0.15) is 6.92 Å². The Labute approximate surface area is 194 Å². The van der Waals surface area contributed by atoms with Crippen LogP contribution >= 0.6 is 22.9 Å². The Morgan fingerprint density at radius 2 is 1.94 bits per heavy atom. The maximum absolute atomic E-state index is 15.1. The number of ether oxygens (including phenoxy) is 3. The van der Waals surface area contributed by atoms with Gasteiger partial charge in [-0.3, -0.25) is 0 Å². The maximum Gasteiger partial charge on any atom is 0.249 e. The van der Waals surface area contributed by atoms with Crippen LogP contribution in [0, 0.1) is 5.82 Å². The third kappa shape index (κ3) is 4.74. The average molecular weight is 473 g/mol. The second kappa shape index (κ2) is 10.1. The van der Waals surface area contributed by atoms with E-state index in [1.165, 1.54) is 4.68 Å². The molecule has 0 N–H and O–H groups in total. The van der Waals surface area contributed by atoms with Crippen LogP contribution in [-0.4, -0.2) is 30.1 Å². The van der Waals surface area contributed by atoms with Gasteiger partial charge in [-0.05, 0) is 59.1 Å². The number of aromatic nitrogens is 2. The summed E-state index contributed by atoms with van der Waals surface area (Å²) in [7, 11) is 1.56. The van der Waals surface area contributed by atoms with Gasteiger partial charge in [0.25, 0.3) is 0 Å². The SMILES string of the molecule is CCOc1c(F)c(-c2cccc(OC)c2)nn1CCOc1ccc(-c2ccsc2)cc1Cl. The van der Waals surface area contributed by atoms with Crippen molar-refractivity contribution in [3.05, 3.63) is 70.1 Å². The van der Waals surface area contributed by atoms with Crippen molar-refractivity contribution in [2.24, 2.45) is 0 Å². The summed E-state index contributed by atoms with van der Waals surface area (Å²) in [5.41, 5.74) is 2.95. The van der Waals surface area contributed by atoms with Gasteiger partial charge in [-0.15, -0.1) is 0 Å². The van der Waals surface area contributed by atoms with E-state index in [0.29, 0.717) is 35.2 Å². The zero-order valence-corrected chi connectivity index (χ0v) is 19.3. The fraction of sp³-hybridized carbons (Fsp3) is 0.208. The Bertz CT molecular complexity index is 1190. The van der Waals surface area contributed by atoms with Gasteiger partial charge in [0.05, 0.1) is 25.3 Å². The molecule has 2 aromatic carbocycles. The summed E-state index contributed by atoms with van der Waals surface area (Å²) in [5, 5.41) is 9.02. The number of halogens is 2. The lowest BCUT2D eigenvalue weighted by Gasteiger charge is -2.11. The molecular formula is C24H22ClFN2O3S. The van der Waals surface area contributed by atoms with Crippen molar-refractivity contribution in [2.75, 3.05) is 20.3 Å². The van der Waals surface area contributed by atoms with Crippen molar-refractivity contribution < 1.29 is 18.6 Å². The molecule has 0 atom stereocenters. The molecule has 2 aromatic heterocycles. The number of hydrogen-bond donors (Lipinski definition) is 0. The fourth-order valence-corrected chi connectivity index (χ4v) is 4.17. The third-order valence-electron chi connectivity index (χ3n) is 4.82. The lowest BCUT2D eigenvalue weighted by Crippen LogP contribution is -2.12. The normalized spacial score (nSPS) is 10.9. The standard InChI is InChI=1S/C24H22ClFN2O3S/c1-3-30-24-22(26)23(17-5-4-6-19(13-17)29-2)27-28(24)10-11-31-21-8-7-16(14-20(21)25)18-9-12-32-15-18/h4-9,12-15H,3,10-11H2,1-2H3. The van der Waals surface area contributed by atoms with Crippen molar-refractivity contribution in [1.82, 2.24) is 9.78 Å². The lowest BCUT2D eigenvalue weighted by atomic mass is 10.1. The number of thiophene rings is 1. The van der Waals surface area contributed by atoms with Gasteiger partial charge < -0.3 is 14.2 Å². The van der Waals surface area contributed by atoms with Gasteiger partial charge in [0.15, 0.2) is 0 Å². The van der Waals surface area contributed by atoms with Gasteiger partial charge in [-0.1, -0.05) is 29.8 Å². The number of methoxy groups -OCH3 is 1. The van der Waals surface area contributed by atoms with Crippen LogP contribution in [0.5, 0.6) is 17.4 Å². The second-order valence-electron chi connectivity index (χ2n) is 6.86. The third-order valence-corrected chi connectivity index (χ3v) is 5.80. The fourth-order valence-electron chi connectivity index (χ4n) is 3.27. The van der Waals surface area contributed by atoms with Crippen LogP contribution in [0.25, 0.3) is 22.4 Å². The minimum Gasteiger partial charge on any atom is -0.497 e. The first kappa shape index (κ1) is 22.2. The summed E-state index contributed by atoms with van der Waals surface area (Å²) >= 11 is 8.04. The topological polar surface area (TPSA) is 45.5 Å². The Kier molecular flexibility index (Phi) is 6.97. The largest absolute Gasteiger partial charge is 0.497 e. The summed E-state index contributed by atoms with van der Waals surface area (Å²) in [5.74, 6) is 0.744. The molecule has 0 spiro atoms. The zero-order chi connectivity index (χ0) is 22.5. The molecule has 2 heterocycles. The Hall–Kier alpha value is -3.03. The van der Waals surface area contributed by atoms with Crippen LogP contribution < -0.4 is 14.2 Å². The van der Waals surface area contributed by atoms with Crippen LogP contribution in [0.15, 0.2) is 59.3 Å². The molecule has 0 bridgehead atoms. The van der Waals surface area contributed by atoms with E-state index < -0.39 is 5.82 Å². The predicted molar refractivity (Wildman–Crippen MR) is 126 cm³/mol. The molecule has 0 saturated carbocycles. The molecule has 166 valence electrons. The molecule has 0 radical (unpaired) electrons. The first-order valence-electron chi connectivity index (χ1n) is 10.1. The predicted octanol–water partition coefficient (Wildman–Crippen LogP) is 6.56. The first-order valence-corrected chi connectivity index (χ1v) is 11.4. The van der Waals surface area contributed by atoms with Crippen LogP contribution in [0.3, 0.4) is 0 Å². The van der Waals surface area contributed by atoms with E-state index >= 15 is 4.39 Å². The summed E-state index contributed by atoms with van der Waals surface area (Å²) in [6, 6.07) is 14.8. The molecule has 4 aromatic rings. The number of hydrogen-bond acceptors (Lipinski definition) is 5. The highest BCUT2D eigenvalue weighted by Gasteiger charge is 2.21. The number of benzene rings is 2. The highest BCUT2D eigenvalue weighted by atomic mass is 35.5. The minimum atomic E-state index is -0.516. The Balaban J connectivity index is 1.50. The maximum atomic E-state index is 15.1. The van der Waals surface area contributed by atoms with Crippen molar-refractivity contribution in [3.8, 4) is 39.8 Å². The first-order chi connectivity index (χ1) is 15.6. The van der Waals surface area contributed by atoms with Crippen molar-refractivity contribution in [3.63, 3.8) is 0 Å². The molecule has 0 aliphatic carbocycles. The van der Waals surface area contributed by atoms with Gasteiger partial charge in [0.2, 0.25) is 11.7 Å². The minimum absolute atomic E-state index is 0.0767. The van der Waals surface area contributed by atoms with E-state index in [1.54, 1.807) is 49.6 Å². The molecule has 32 heavy (non-hydrogen) atoms. The molecule has 0 aliphatic rings. The molecule has 0 amide bonds. The zero-order valence-electron chi connectivity index (χ0n) is 17.7. The highest BCUT2D eigenvalue weighted by Crippen LogP contribution is 2.33. The van der Waals surface area contributed by atoms with E-state index in [-0.39, 0.29) is 18.2 Å². The van der Waals surface area contributed by atoms with Gasteiger partial charge in [0.1, 0.15) is 23.8 Å². The molecule has 0 aliphatic heterocycles. The number of nitrogens with zero attached hydrogens (tertiary/aromatic N) is 2. The Morgan fingerprint density at radius 3 is 2.66 bits per heavy atom. The molecule has 5 nitrogen and oxygen atoms in total. The van der Waals surface area contributed by atoms with Crippen LogP contribution in [-0.2, 0) is 6.54 Å². The van der Waals surface area contributed by atoms with Crippen molar-refractivity contribution in [1.29, 1.82) is 0 Å². The van der Waals surface area contributed by atoms with Gasteiger partial charge >= 0.3 is 0 Å². The molecule has 0 fully saturated rings. The van der Waals surface area contributed by atoms with Crippen molar-refractivity contribution in [2.45, 2.75) is 13.5 Å². The van der Waals surface area contributed by atoms with E-state index in [2.05, 4.69) is 10.5 Å². The van der Waals surface area contributed by atoms with Gasteiger partial charge in [-0.2, -0.15) is 20.8 Å². The second-order valence-corrected chi connectivity index (χ2v) is 8.05. The monoisotopic (exact) mass is 472 g/mol. The molecule has 0 unspecified atom stereocenters. The van der Waals surface area contributed by atoms with Gasteiger partial charge in [0, 0.05) is 5.56 Å². The summed E-state index contributed by atoms with van der Waals surface area (Å²) in [6.07, 6.45) is 0. The van der Waals surface area contributed by atoms with E-state index in [0.717, 1.165) is 11.1 Å². The van der Waals surface area contributed by atoms with E-state index in [4.69, 9.17) is 25.8 Å². The van der Waals surface area contributed by atoms with Gasteiger partial charge in [-0.25, -0.2) is 4.68 Å². The van der Waals surface area contributed by atoms with Crippen LogP contribution in [0.4, 0.5) is 4.39 Å². The van der Waals surface area contributed by atoms with E-state index in [1.807, 2.05) is 29.6 Å². The summed E-state index contributed by atoms with van der Waals surface area (Å²) < 4.78 is 33.2. The molecule has 0 saturated heterocycles. The summed E-state index contributed by atoms with van der Waals surface area (Å²) in [4.78, 5) is 0. The molecule has 8 heteroatoms. The lowest BCUT2D eigenvalue weighted by molar-refractivity contribution is 0.253. The average Bonchev–Trinajstić information content (AvgIpc) is 3.45. The Morgan fingerprint density at radius 1 is 1.06 bits per heavy atom. The van der Waals surface area contributed by atoms with Crippen molar-refractivity contribution >= 4 is 22.9 Å². The molecular weight excluding hydrogens is 451 g/mol. The van der Waals surface area contributed by atoms with Crippen LogP contribution in [0.2, 0.25) is 5.02 Å². The molecule has 4 rings (SSSR count). The smallest absolute Gasteiger partial charge is 0.249 e. The van der Waals surface area contributed by atoms with E-state index in [9.17, 15) is 0 Å². The highest BCUT2D eigenvalue weighted by molar-refractivity contribution is 7.08. The number of rotatable bonds is 9.